The third kappa shape index (κ3) is 31.4. The molecule has 0 aromatic rings. The summed E-state index contributed by atoms with van der Waals surface area (Å²) in [5, 5.41) is 0. The number of rotatable bonds is 5. The third-order valence-corrected chi connectivity index (χ3v) is 1.39. The molecule has 0 saturated carbocycles. The molecule has 0 bridgehead atoms. The Morgan fingerprint density at radius 3 is 1.68 bits per heavy atom. The maximum atomic E-state index is 10.1. The van der Waals surface area contributed by atoms with Gasteiger partial charge in [0.1, 0.15) is 6.29 Å². The predicted octanol–water partition coefficient (Wildman–Crippen LogP) is 2.31. The van der Waals surface area contributed by atoms with Gasteiger partial charge in [-0.2, -0.15) is 0 Å². The molecule has 0 N–H and O–H groups in total. The van der Waals surface area contributed by atoms with Gasteiger partial charge in [0.05, 0.1) is 13.7 Å². The second-order valence-electron chi connectivity index (χ2n) is 3.48. The highest BCUT2D eigenvalue weighted by Crippen LogP contribution is 1.92. The molecule has 0 heterocycles. The molecule has 5 nitrogen and oxygen atoms in total. The molecular weight excluding hydrogens is 248 g/mol. The van der Waals surface area contributed by atoms with E-state index in [1.54, 1.807) is 6.92 Å². The second-order valence-corrected chi connectivity index (χ2v) is 3.48. The number of carbonyl (C=O) groups excluding carboxylic acids is 3. The third-order valence-electron chi connectivity index (χ3n) is 1.39. The van der Waals surface area contributed by atoms with Crippen LogP contribution in [-0.2, 0) is 23.9 Å². The maximum Gasteiger partial charge on any atom is 0.330 e. The first-order chi connectivity index (χ1) is 8.89. The van der Waals surface area contributed by atoms with Crippen LogP contribution < -0.4 is 0 Å². The summed E-state index contributed by atoms with van der Waals surface area (Å²) in [5.74, 6) is -0.222. The number of esters is 2. The van der Waals surface area contributed by atoms with Crippen molar-refractivity contribution < 1.29 is 23.9 Å². The Balaban J connectivity index is -0.000000203. The van der Waals surface area contributed by atoms with Crippen molar-refractivity contribution in [2.24, 2.45) is 5.92 Å². The molecule has 0 fully saturated rings. The van der Waals surface area contributed by atoms with Crippen LogP contribution in [0.2, 0.25) is 0 Å². The highest BCUT2D eigenvalue weighted by molar-refractivity contribution is 5.81. The summed E-state index contributed by atoms with van der Waals surface area (Å²) in [4.78, 5) is 29.5. The average molecular weight is 272 g/mol. The van der Waals surface area contributed by atoms with E-state index in [1.165, 1.54) is 7.11 Å². The van der Waals surface area contributed by atoms with Gasteiger partial charge in [0.15, 0.2) is 0 Å². The SMILES string of the molecule is C=CC(=O)OC.C=CC(=O)OCC.CC(C)CC=O. The summed E-state index contributed by atoms with van der Waals surface area (Å²) < 4.78 is 8.58. The predicted molar refractivity (Wildman–Crippen MR) is 74.6 cm³/mol. The van der Waals surface area contributed by atoms with Crippen molar-refractivity contribution in [3.05, 3.63) is 25.3 Å². The molecule has 0 aliphatic heterocycles. The minimum Gasteiger partial charge on any atom is -0.466 e. The molecule has 0 rings (SSSR count). The van der Waals surface area contributed by atoms with Crippen LogP contribution in [0.25, 0.3) is 0 Å². The molecule has 0 aliphatic carbocycles. The van der Waals surface area contributed by atoms with E-state index in [0.717, 1.165) is 18.4 Å². The fourth-order valence-corrected chi connectivity index (χ4v) is 0.477. The van der Waals surface area contributed by atoms with Crippen LogP contribution in [0.1, 0.15) is 27.2 Å². The van der Waals surface area contributed by atoms with E-state index in [0.29, 0.717) is 18.9 Å². The molecule has 0 aromatic heterocycles. The summed E-state index contributed by atoms with van der Waals surface area (Å²) in [6, 6.07) is 0. The summed E-state index contributed by atoms with van der Waals surface area (Å²) in [6.07, 6.45) is 3.90. The van der Waals surface area contributed by atoms with Gasteiger partial charge in [0.2, 0.25) is 0 Å². The van der Waals surface area contributed by atoms with Gasteiger partial charge < -0.3 is 14.3 Å². The first-order valence-corrected chi connectivity index (χ1v) is 5.82. The lowest BCUT2D eigenvalue weighted by molar-refractivity contribution is -0.137. The highest BCUT2D eigenvalue weighted by Gasteiger charge is 1.86. The first kappa shape index (κ1) is 22.3. The lowest BCUT2D eigenvalue weighted by atomic mass is 10.2. The highest BCUT2D eigenvalue weighted by atomic mass is 16.5. The molecule has 0 saturated heterocycles. The van der Waals surface area contributed by atoms with E-state index in [2.05, 4.69) is 22.6 Å². The quantitative estimate of drug-likeness (QED) is 0.436. The number of methoxy groups -OCH3 is 1. The molecule has 5 heteroatoms. The summed E-state index contributed by atoms with van der Waals surface area (Å²) in [7, 11) is 1.31. The normalized spacial score (nSPS) is 7.84. The molecular formula is C14H24O5. The molecule has 0 radical (unpaired) electrons. The van der Waals surface area contributed by atoms with E-state index < -0.39 is 5.97 Å². The van der Waals surface area contributed by atoms with E-state index in [-0.39, 0.29) is 5.97 Å². The van der Waals surface area contributed by atoms with Gasteiger partial charge in [0, 0.05) is 18.6 Å². The lowest BCUT2D eigenvalue weighted by Gasteiger charge is -1.90. The standard InChI is InChI=1S/C5H8O2.C5H10O.C4H6O2/c1-3-5(6)7-4-2;1-5(2)3-4-6;1-3-4(5)6-2/h3H,1,4H2,2H3;4-5H,3H2,1-2H3;3H,1H2,2H3. The zero-order valence-corrected chi connectivity index (χ0v) is 12.2. The maximum absolute atomic E-state index is 10.1. The molecule has 19 heavy (non-hydrogen) atoms. The van der Waals surface area contributed by atoms with Gasteiger partial charge in [-0.05, 0) is 12.8 Å². The Morgan fingerprint density at radius 1 is 1.16 bits per heavy atom. The number of ether oxygens (including phenoxy) is 2. The monoisotopic (exact) mass is 272 g/mol. The van der Waals surface area contributed by atoms with E-state index in [9.17, 15) is 14.4 Å². The summed E-state index contributed by atoms with van der Waals surface area (Å²) >= 11 is 0. The molecule has 110 valence electrons. The fraction of sp³-hybridized carbons (Fsp3) is 0.500. The van der Waals surface area contributed by atoms with Crippen molar-refractivity contribution in [3.8, 4) is 0 Å². The fourth-order valence-electron chi connectivity index (χ4n) is 0.477. The largest absolute Gasteiger partial charge is 0.466 e. The van der Waals surface area contributed by atoms with E-state index >= 15 is 0 Å². The molecule has 0 aliphatic rings. The molecule has 0 atom stereocenters. The van der Waals surface area contributed by atoms with Crippen LogP contribution in [0.3, 0.4) is 0 Å². The molecule has 0 spiro atoms. The van der Waals surface area contributed by atoms with Gasteiger partial charge in [-0.1, -0.05) is 27.0 Å². The Morgan fingerprint density at radius 2 is 1.63 bits per heavy atom. The topological polar surface area (TPSA) is 69.7 Å². The molecule has 0 unspecified atom stereocenters. The van der Waals surface area contributed by atoms with Gasteiger partial charge in [0.25, 0.3) is 0 Å². The van der Waals surface area contributed by atoms with Gasteiger partial charge in [-0.3, -0.25) is 0 Å². The number of carbonyl (C=O) groups is 3. The van der Waals surface area contributed by atoms with Crippen molar-refractivity contribution in [3.63, 3.8) is 0 Å². The summed E-state index contributed by atoms with van der Waals surface area (Å²) in [6.45, 7) is 12.6. The Bertz CT molecular complexity index is 269. The van der Waals surface area contributed by atoms with Gasteiger partial charge in [-0.25, -0.2) is 9.59 Å². The Kier molecular flexibility index (Phi) is 21.6. The van der Waals surface area contributed by atoms with Gasteiger partial charge >= 0.3 is 11.9 Å². The molecule has 0 amide bonds. The van der Waals surface area contributed by atoms with Crippen molar-refractivity contribution in [1.82, 2.24) is 0 Å². The van der Waals surface area contributed by atoms with Crippen molar-refractivity contribution in [2.75, 3.05) is 13.7 Å². The Labute approximate surface area is 115 Å². The Hall–Kier alpha value is -1.91. The van der Waals surface area contributed by atoms with Crippen molar-refractivity contribution in [2.45, 2.75) is 27.2 Å². The lowest BCUT2D eigenvalue weighted by Crippen LogP contribution is -1.97. The second kappa shape index (κ2) is 18.5. The van der Waals surface area contributed by atoms with Crippen LogP contribution in [-0.4, -0.2) is 31.9 Å². The van der Waals surface area contributed by atoms with Gasteiger partial charge in [-0.15, -0.1) is 0 Å². The smallest absolute Gasteiger partial charge is 0.330 e. The minimum absolute atomic E-state index is 0.359. The van der Waals surface area contributed by atoms with Crippen LogP contribution in [0.4, 0.5) is 0 Å². The summed E-state index contributed by atoms with van der Waals surface area (Å²) in [5.41, 5.74) is 0. The van der Waals surface area contributed by atoms with E-state index in [1.807, 2.05) is 13.8 Å². The van der Waals surface area contributed by atoms with Crippen LogP contribution >= 0.6 is 0 Å². The number of hydrogen-bond acceptors (Lipinski definition) is 5. The van der Waals surface area contributed by atoms with Crippen LogP contribution in [0.5, 0.6) is 0 Å². The zero-order chi connectivity index (χ0) is 15.7. The number of hydrogen-bond donors (Lipinski definition) is 0. The van der Waals surface area contributed by atoms with E-state index in [4.69, 9.17) is 0 Å². The van der Waals surface area contributed by atoms with Crippen LogP contribution in [0, 0.1) is 5.92 Å². The minimum atomic E-state index is -0.394. The first-order valence-electron chi connectivity index (χ1n) is 5.82. The average Bonchev–Trinajstić information content (AvgIpc) is 2.39. The van der Waals surface area contributed by atoms with Crippen molar-refractivity contribution in [1.29, 1.82) is 0 Å². The number of aldehydes is 1. The van der Waals surface area contributed by atoms with Crippen LogP contribution in [0.15, 0.2) is 25.3 Å². The van der Waals surface area contributed by atoms with Crippen molar-refractivity contribution >= 4 is 18.2 Å². The molecule has 0 aromatic carbocycles. The zero-order valence-electron chi connectivity index (χ0n) is 12.2.